The summed E-state index contributed by atoms with van der Waals surface area (Å²) in [6.07, 6.45) is 2.76. The Morgan fingerprint density at radius 2 is 2.04 bits per heavy atom. The second-order valence-corrected chi connectivity index (χ2v) is 5.33. The first-order valence-corrected chi connectivity index (χ1v) is 8.16. The summed E-state index contributed by atoms with van der Waals surface area (Å²) in [6.45, 7) is 12.1. The smallest absolute Gasteiger partial charge is 0.194 e. The summed E-state index contributed by atoms with van der Waals surface area (Å²) in [4.78, 5) is 13.5. The third-order valence-electron chi connectivity index (χ3n) is 3.55. The first kappa shape index (κ1) is 22.1. The van der Waals surface area contributed by atoms with Crippen LogP contribution in [0, 0.1) is 0 Å². The molecule has 8 heteroatoms. The van der Waals surface area contributed by atoms with E-state index in [1.165, 1.54) is 6.42 Å². The SMILES string of the molecule is CCCN(CC)CCN=C(NCC)N(C)Cc1ncnn1C.I. The van der Waals surface area contributed by atoms with Crippen LogP contribution >= 0.6 is 24.0 Å². The summed E-state index contributed by atoms with van der Waals surface area (Å²) < 4.78 is 1.79. The van der Waals surface area contributed by atoms with Crippen molar-refractivity contribution in [3.05, 3.63) is 12.2 Å². The summed E-state index contributed by atoms with van der Waals surface area (Å²) in [5.74, 6) is 1.84. The van der Waals surface area contributed by atoms with Crippen LogP contribution in [0.4, 0.5) is 0 Å². The molecule has 0 bridgehead atoms. The van der Waals surface area contributed by atoms with Crippen molar-refractivity contribution in [2.45, 2.75) is 33.7 Å². The van der Waals surface area contributed by atoms with E-state index in [1.54, 1.807) is 11.0 Å². The molecule has 23 heavy (non-hydrogen) atoms. The Morgan fingerprint density at radius 1 is 1.30 bits per heavy atom. The van der Waals surface area contributed by atoms with Crippen LogP contribution in [-0.4, -0.2) is 70.3 Å². The van der Waals surface area contributed by atoms with Crippen LogP contribution in [0.2, 0.25) is 0 Å². The number of aryl methyl sites for hydroxylation is 1. The van der Waals surface area contributed by atoms with Gasteiger partial charge in [0.05, 0.1) is 13.1 Å². The van der Waals surface area contributed by atoms with E-state index in [1.807, 2.05) is 14.1 Å². The Kier molecular flexibility index (Phi) is 12.0. The second kappa shape index (κ2) is 12.5. The minimum atomic E-state index is 0. The van der Waals surface area contributed by atoms with Crippen LogP contribution in [0.15, 0.2) is 11.3 Å². The van der Waals surface area contributed by atoms with Gasteiger partial charge in [-0.05, 0) is 26.4 Å². The number of rotatable bonds is 9. The lowest BCUT2D eigenvalue weighted by atomic mass is 10.4. The van der Waals surface area contributed by atoms with Gasteiger partial charge in [0.2, 0.25) is 0 Å². The molecule has 0 amide bonds. The van der Waals surface area contributed by atoms with Crippen molar-refractivity contribution >= 4 is 29.9 Å². The fourth-order valence-corrected chi connectivity index (χ4v) is 2.26. The highest BCUT2D eigenvalue weighted by Gasteiger charge is 2.10. The normalized spacial score (nSPS) is 11.5. The highest BCUT2D eigenvalue weighted by Crippen LogP contribution is 1.98. The number of halogens is 1. The number of hydrogen-bond acceptors (Lipinski definition) is 4. The molecular formula is C15H32IN7. The molecule has 0 saturated heterocycles. The molecule has 0 aliphatic heterocycles. The fourth-order valence-electron chi connectivity index (χ4n) is 2.26. The van der Waals surface area contributed by atoms with Gasteiger partial charge in [-0.15, -0.1) is 24.0 Å². The molecule has 0 radical (unpaired) electrons. The molecule has 0 unspecified atom stereocenters. The van der Waals surface area contributed by atoms with Crippen molar-refractivity contribution in [2.24, 2.45) is 12.0 Å². The Balaban J connectivity index is 0.00000484. The van der Waals surface area contributed by atoms with E-state index in [4.69, 9.17) is 4.99 Å². The fraction of sp³-hybridized carbons (Fsp3) is 0.800. The van der Waals surface area contributed by atoms with Crippen molar-refractivity contribution in [1.29, 1.82) is 0 Å². The van der Waals surface area contributed by atoms with Crippen LogP contribution in [-0.2, 0) is 13.6 Å². The zero-order valence-electron chi connectivity index (χ0n) is 15.1. The van der Waals surface area contributed by atoms with Gasteiger partial charge in [-0.1, -0.05) is 13.8 Å². The molecule has 0 aliphatic carbocycles. The molecule has 7 nitrogen and oxygen atoms in total. The minimum Gasteiger partial charge on any atom is -0.357 e. The molecule has 0 aliphatic rings. The predicted octanol–water partition coefficient (Wildman–Crippen LogP) is 1.56. The Hall–Kier alpha value is -0.900. The van der Waals surface area contributed by atoms with Gasteiger partial charge in [0.1, 0.15) is 12.2 Å². The van der Waals surface area contributed by atoms with E-state index in [2.05, 4.69) is 46.0 Å². The van der Waals surface area contributed by atoms with Crippen molar-refractivity contribution in [3.63, 3.8) is 0 Å². The minimum absolute atomic E-state index is 0. The summed E-state index contributed by atoms with van der Waals surface area (Å²) in [5, 5.41) is 7.44. The highest BCUT2D eigenvalue weighted by atomic mass is 127. The number of aliphatic imine (C=N–C) groups is 1. The monoisotopic (exact) mass is 437 g/mol. The summed E-state index contributed by atoms with van der Waals surface area (Å²) in [7, 11) is 3.93. The predicted molar refractivity (Wildman–Crippen MR) is 106 cm³/mol. The Bertz CT molecular complexity index is 447. The number of aromatic nitrogens is 3. The largest absolute Gasteiger partial charge is 0.357 e. The van der Waals surface area contributed by atoms with Gasteiger partial charge in [0.15, 0.2) is 5.96 Å². The van der Waals surface area contributed by atoms with E-state index < -0.39 is 0 Å². The quantitative estimate of drug-likeness (QED) is 0.361. The molecule has 0 spiro atoms. The zero-order valence-corrected chi connectivity index (χ0v) is 17.4. The van der Waals surface area contributed by atoms with Crippen molar-refractivity contribution in [1.82, 2.24) is 29.9 Å². The molecule has 134 valence electrons. The standard InChI is InChI=1S/C15H31N7.HI/c1-6-10-22(8-3)11-9-17-15(16-7-2)20(4)12-14-18-13-19-21(14)5;/h13H,6-12H2,1-5H3,(H,16,17);1H. The van der Waals surface area contributed by atoms with Crippen LogP contribution in [0.1, 0.15) is 33.0 Å². The number of nitrogens with zero attached hydrogens (tertiary/aromatic N) is 6. The molecule has 1 rings (SSSR count). The van der Waals surface area contributed by atoms with Gasteiger partial charge in [-0.2, -0.15) is 5.10 Å². The van der Waals surface area contributed by atoms with E-state index in [-0.39, 0.29) is 24.0 Å². The topological polar surface area (TPSA) is 61.6 Å². The maximum Gasteiger partial charge on any atom is 0.194 e. The third kappa shape index (κ3) is 7.96. The molecular weight excluding hydrogens is 405 g/mol. The number of likely N-dealkylation sites (N-methyl/N-ethyl adjacent to an activating group) is 1. The van der Waals surface area contributed by atoms with Crippen LogP contribution in [0.3, 0.4) is 0 Å². The second-order valence-electron chi connectivity index (χ2n) is 5.33. The highest BCUT2D eigenvalue weighted by molar-refractivity contribution is 14.0. The van der Waals surface area contributed by atoms with Gasteiger partial charge in [-0.3, -0.25) is 9.67 Å². The number of hydrogen-bond donors (Lipinski definition) is 1. The van der Waals surface area contributed by atoms with Gasteiger partial charge in [0, 0.05) is 27.2 Å². The van der Waals surface area contributed by atoms with E-state index >= 15 is 0 Å². The van der Waals surface area contributed by atoms with Crippen molar-refractivity contribution in [3.8, 4) is 0 Å². The van der Waals surface area contributed by atoms with E-state index in [0.29, 0.717) is 6.54 Å². The Morgan fingerprint density at radius 3 is 2.57 bits per heavy atom. The lowest BCUT2D eigenvalue weighted by Crippen LogP contribution is -2.39. The Labute approximate surface area is 157 Å². The number of nitrogens with one attached hydrogen (secondary N) is 1. The summed E-state index contributed by atoms with van der Waals surface area (Å²) in [5.41, 5.74) is 0. The first-order chi connectivity index (χ1) is 10.6. The van der Waals surface area contributed by atoms with Crippen molar-refractivity contribution < 1.29 is 0 Å². The van der Waals surface area contributed by atoms with Crippen LogP contribution < -0.4 is 5.32 Å². The van der Waals surface area contributed by atoms with E-state index in [0.717, 1.165) is 44.5 Å². The molecule has 1 N–H and O–H groups in total. The molecule has 0 aromatic carbocycles. The van der Waals surface area contributed by atoms with Crippen molar-refractivity contribution in [2.75, 3.05) is 39.8 Å². The van der Waals surface area contributed by atoms with Gasteiger partial charge in [-0.25, -0.2) is 4.98 Å². The average molecular weight is 437 g/mol. The maximum absolute atomic E-state index is 4.73. The van der Waals surface area contributed by atoms with Gasteiger partial charge < -0.3 is 15.1 Å². The average Bonchev–Trinajstić information content (AvgIpc) is 2.90. The zero-order chi connectivity index (χ0) is 16.4. The number of guanidine groups is 1. The lowest BCUT2D eigenvalue weighted by molar-refractivity contribution is 0.296. The van der Waals surface area contributed by atoms with Gasteiger partial charge in [0.25, 0.3) is 0 Å². The summed E-state index contributed by atoms with van der Waals surface area (Å²) >= 11 is 0. The molecule has 1 heterocycles. The summed E-state index contributed by atoms with van der Waals surface area (Å²) in [6, 6.07) is 0. The lowest BCUT2D eigenvalue weighted by Gasteiger charge is -2.22. The molecule has 0 fully saturated rings. The van der Waals surface area contributed by atoms with Crippen LogP contribution in [0.25, 0.3) is 0 Å². The molecule has 1 aromatic heterocycles. The van der Waals surface area contributed by atoms with Gasteiger partial charge >= 0.3 is 0 Å². The maximum atomic E-state index is 4.73. The first-order valence-electron chi connectivity index (χ1n) is 8.16. The molecule has 1 aromatic rings. The molecule has 0 atom stereocenters. The molecule has 0 saturated carbocycles. The van der Waals surface area contributed by atoms with E-state index in [9.17, 15) is 0 Å². The third-order valence-corrected chi connectivity index (χ3v) is 3.55. The van der Waals surface area contributed by atoms with Crippen LogP contribution in [0.5, 0.6) is 0 Å².